The van der Waals surface area contributed by atoms with Crippen LogP contribution in [0.15, 0.2) is 64.6 Å². The summed E-state index contributed by atoms with van der Waals surface area (Å²) in [5.74, 6) is -1.40. The molecule has 3 aromatic rings. The van der Waals surface area contributed by atoms with E-state index in [0.29, 0.717) is 16.1 Å². The molecule has 8 nitrogen and oxygen atoms in total. The van der Waals surface area contributed by atoms with Crippen molar-refractivity contribution in [2.24, 2.45) is 0 Å². The van der Waals surface area contributed by atoms with Gasteiger partial charge in [-0.3, -0.25) is 24.1 Å². The number of anilines is 1. The number of hydrogen-bond acceptors (Lipinski definition) is 6. The molecule has 2 aromatic heterocycles. The number of nitrogens with one attached hydrogen (secondary N) is 2. The van der Waals surface area contributed by atoms with Crippen LogP contribution in [0.3, 0.4) is 0 Å². The van der Waals surface area contributed by atoms with E-state index in [1.165, 1.54) is 35.5 Å². The highest BCUT2D eigenvalue weighted by atomic mass is 32.1. The predicted octanol–water partition coefficient (Wildman–Crippen LogP) is 4.11. The molecule has 1 aromatic carbocycles. The van der Waals surface area contributed by atoms with Gasteiger partial charge in [-0.1, -0.05) is 31.0 Å². The zero-order valence-electron chi connectivity index (χ0n) is 19.4. The SMILES string of the molecule is CC(=O)c1cccc(N(C(=O)CNC(=O)c2ccco2)[C@@H](C(=O)NC2CCCC2)c2cccs2)c1. The summed E-state index contributed by atoms with van der Waals surface area (Å²) in [7, 11) is 0. The van der Waals surface area contributed by atoms with Gasteiger partial charge >= 0.3 is 0 Å². The third-order valence-electron chi connectivity index (χ3n) is 5.97. The van der Waals surface area contributed by atoms with Crippen molar-refractivity contribution < 1.29 is 23.6 Å². The Morgan fingerprint density at radius 3 is 2.54 bits per heavy atom. The van der Waals surface area contributed by atoms with Crippen LogP contribution in [-0.4, -0.2) is 36.1 Å². The number of amides is 3. The van der Waals surface area contributed by atoms with Crippen LogP contribution in [0.1, 0.15) is 64.4 Å². The Morgan fingerprint density at radius 2 is 1.89 bits per heavy atom. The molecule has 4 rings (SSSR count). The van der Waals surface area contributed by atoms with Crippen molar-refractivity contribution in [3.05, 3.63) is 76.4 Å². The van der Waals surface area contributed by atoms with Crippen molar-refractivity contribution in [1.82, 2.24) is 10.6 Å². The number of ketones is 1. The van der Waals surface area contributed by atoms with E-state index in [1.54, 1.807) is 36.4 Å². The normalized spacial score (nSPS) is 14.3. The van der Waals surface area contributed by atoms with Crippen molar-refractivity contribution in [3.8, 4) is 0 Å². The van der Waals surface area contributed by atoms with Crippen LogP contribution in [0.4, 0.5) is 5.69 Å². The number of Topliss-reactive ketones (excluding diaryl/α,β-unsaturated/α-hetero) is 1. The van der Waals surface area contributed by atoms with Crippen LogP contribution in [0, 0.1) is 0 Å². The van der Waals surface area contributed by atoms with Crippen LogP contribution in [-0.2, 0) is 9.59 Å². The summed E-state index contributed by atoms with van der Waals surface area (Å²) in [4.78, 5) is 53.7. The van der Waals surface area contributed by atoms with Crippen molar-refractivity contribution in [3.63, 3.8) is 0 Å². The van der Waals surface area contributed by atoms with E-state index in [9.17, 15) is 19.2 Å². The lowest BCUT2D eigenvalue weighted by molar-refractivity contribution is -0.126. The van der Waals surface area contributed by atoms with E-state index in [-0.39, 0.29) is 30.0 Å². The molecule has 35 heavy (non-hydrogen) atoms. The third-order valence-corrected chi connectivity index (χ3v) is 6.89. The van der Waals surface area contributed by atoms with E-state index in [0.717, 1.165) is 25.7 Å². The van der Waals surface area contributed by atoms with E-state index in [4.69, 9.17) is 4.42 Å². The molecule has 0 bridgehead atoms. The fourth-order valence-electron chi connectivity index (χ4n) is 4.22. The molecular weight excluding hydrogens is 466 g/mol. The van der Waals surface area contributed by atoms with Crippen LogP contribution < -0.4 is 15.5 Å². The lowest BCUT2D eigenvalue weighted by Gasteiger charge is -2.31. The van der Waals surface area contributed by atoms with Gasteiger partial charge in [-0.05, 0) is 55.5 Å². The number of thiophene rings is 1. The van der Waals surface area contributed by atoms with Crippen LogP contribution in [0.5, 0.6) is 0 Å². The molecule has 2 N–H and O–H groups in total. The quantitative estimate of drug-likeness (QED) is 0.436. The molecule has 1 fully saturated rings. The molecule has 0 saturated heterocycles. The monoisotopic (exact) mass is 493 g/mol. The van der Waals surface area contributed by atoms with Crippen LogP contribution in [0.25, 0.3) is 0 Å². The topological polar surface area (TPSA) is 109 Å². The lowest BCUT2D eigenvalue weighted by atomic mass is 10.1. The second-order valence-corrected chi connectivity index (χ2v) is 9.42. The van der Waals surface area contributed by atoms with E-state index >= 15 is 0 Å². The Kier molecular flexibility index (Phi) is 7.77. The number of carbonyl (C=O) groups is 4. The van der Waals surface area contributed by atoms with Gasteiger partial charge < -0.3 is 15.1 Å². The Morgan fingerprint density at radius 1 is 1.09 bits per heavy atom. The summed E-state index contributed by atoms with van der Waals surface area (Å²) in [6.07, 6.45) is 5.27. The van der Waals surface area contributed by atoms with Crippen molar-refractivity contribution in [2.75, 3.05) is 11.4 Å². The molecule has 1 aliphatic carbocycles. The average molecular weight is 494 g/mol. The van der Waals surface area contributed by atoms with Gasteiger partial charge in [0.05, 0.1) is 12.8 Å². The molecular formula is C26H27N3O5S. The number of carbonyl (C=O) groups excluding carboxylic acids is 4. The highest BCUT2D eigenvalue weighted by Crippen LogP contribution is 2.32. The molecule has 1 aliphatic rings. The minimum absolute atomic E-state index is 0.0594. The third kappa shape index (κ3) is 5.86. The molecule has 1 atom stereocenters. The molecule has 0 aliphatic heterocycles. The number of hydrogen-bond donors (Lipinski definition) is 2. The number of benzene rings is 1. The van der Waals surface area contributed by atoms with E-state index in [2.05, 4.69) is 10.6 Å². The Balaban J connectivity index is 1.68. The summed E-state index contributed by atoms with van der Waals surface area (Å²) in [5, 5.41) is 7.51. The molecule has 0 radical (unpaired) electrons. The number of furan rings is 1. The number of nitrogens with zero attached hydrogens (tertiary/aromatic N) is 1. The second-order valence-electron chi connectivity index (χ2n) is 8.44. The molecule has 182 valence electrons. The maximum Gasteiger partial charge on any atom is 0.287 e. The van der Waals surface area contributed by atoms with Gasteiger partial charge in [0.15, 0.2) is 11.5 Å². The first-order valence-electron chi connectivity index (χ1n) is 11.5. The fourth-order valence-corrected chi connectivity index (χ4v) is 5.03. The van der Waals surface area contributed by atoms with Gasteiger partial charge in [0.1, 0.15) is 6.04 Å². The van der Waals surface area contributed by atoms with E-state index < -0.39 is 17.9 Å². The largest absolute Gasteiger partial charge is 0.459 e. The first-order valence-corrected chi connectivity index (χ1v) is 12.4. The molecule has 0 unspecified atom stereocenters. The maximum absolute atomic E-state index is 13.6. The van der Waals surface area contributed by atoms with Crippen LogP contribution >= 0.6 is 11.3 Å². The second kappa shape index (κ2) is 11.1. The zero-order valence-corrected chi connectivity index (χ0v) is 20.2. The molecule has 3 amide bonds. The molecule has 9 heteroatoms. The minimum atomic E-state index is -0.953. The molecule has 1 saturated carbocycles. The minimum Gasteiger partial charge on any atom is -0.459 e. The van der Waals surface area contributed by atoms with Gasteiger partial charge in [0, 0.05) is 22.2 Å². The van der Waals surface area contributed by atoms with Gasteiger partial charge in [0.25, 0.3) is 5.91 Å². The van der Waals surface area contributed by atoms with E-state index in [1.807, 2.05) is 11.4 Å². The summed E-state index contributed by atoms with van der Waals surface area (Å²) < 4.78 is 5.10. The van der Waals surface area contributed by atoms with Crippen molar-refractivity contribution >= 4 is 40.5 Å². The zero-order chi connectivity index (χ0) is 24.8. The van der Waals surface area contributed by atoms with Crippen LogP contribution in [0.2, 0.25) is 0 Å². The highest BCUT2D eigenvalue weighted by Gasteiger charge is 2.35. The predicted molar refractivity (Wildman–Crippen MR) is 132 cm³/mol. The number of rotatable bonds is 9. The highest BCUT2D eigenvalue weighted by molar-refractivity contribution is 7.10. The molecule has 0 spiro atoms. The maximum atomic E-state index is 13.6. The van der Waals surface area contributed by atoms with Gasteiger partial charge in [-0.25, -0.2) is 0 Å². The van der Waals surface area contributed by atoms with Gasteiger partial charge in [0.2, 0.25) is 11.8 Å². The first kappa shape index (κ1) is 24.4. The molecule has 2 heterocycles. The van der Waals surface area contributed by atoms with Crippen molar-refractivity contribution in [2.45, 2.75) is 44.7 Å². The summed E-state index contributed by atoms with van der Waals surface area (Å²) in [6, 6.07) is 12.4. The van der Waals surface area contributed by atoms with Gasteiger partial charge in [-0.15, -0.1) is 11.3 Å². The smallest absolute Gasteiger partial charge is 0.287 e. The Hall–Kier alpha value is -3.72. The summed E-state index contributed by atoms with van der Waals surface area (Å²) in [6.45, 7) is 1.08. The van der Waals surface area contributed by atoms with Gasteiger partial charge in [-0.2, -0.15) is 0 Å². The standard InChI is InChI=1S/C26H27N3O5S/c1-17(30)18-7-4-10-20(15-18)29(23(31)16-27-25(32)21-11-5-13-34-21)24(22-12-6-14-35-22)26(33)28-19-8-2-3-9-19/h4-7,10-15,19,24H,2-3,8-9,16H2,1H3,(H,27,32)(H,28,33)/t24-/m1/s1. The Labute approximate surface area is 207 Å². The Bertz CT molecular complexity index is 1180. The first-order chi connectivity index (χ1) is 16.9. The fraction of sp³-hybridized carbons (Fsp3) is 0.308. The van der Waals surface area contributed by atoms with Crippen molar-refractivity contribution in [1.29, 1.82) is 0 Å². The lowest BCUT2D eigenvalue weighted by Crippen LogP contribution is -2.49. The average Bonchev–Trinajstić information content (AvgIpc) is 3.64. The summed E-state index contributed by atoms with van der Waals surface area (Å²) in [5.41, 5.74) is 0.816. The summed E-state index contributed by atoms with van der Waals surface area (Å²) >= 11 is 1.37.